The second-order valence-corrected chi connectivity index (χ2v) is 6.48. The van der Waals surface area contributed by atoms with Gasteiger partial charge in [0.25, 0.3) is 0 Å². The molecular weight excluding hydrogens is 432 g/mol. The van der Waals surface area contributed by atoms with Gasteiger partial charge < -0.3 is 14.2 Å². The van der Waals surface area contributed by atoms with Crippen LogP contribution in [0.5, 0.6) is 5.75 Å². The van der Waals surface area contributed by atoms with Crippen molar-refractivity contribution in [3.05, 3.63) is 25.6 Å². The van der Waals surface area contributed by atoms with E-state index in [0.29, 0.717) is 6.61 Å². The van der Waals surface area contributed by atoms with Crippen molar-refractivity contribution in [1.82, 2.24) is 0 Å². The third kappa shape index (κ3) is 4.20. The molecule has 1 fully saturated rings. The van der Waals surface area contributed by atoms with E-state index in [2.05, 4.69) is 47.8 Å². The third-order valence-electron chi connectivity index (χ3n) is 2.46. The van der Waals surface area contributed by atoms with E-state index in [1.54, 1.807) is 0 Å². The average molecular weight is 445 g/mol. The lowest BCUT2D eigenvalue weighted by Gasteiger charge is -2.23. The number of hydrogen-bond donors (Lipinski definition) is 0. The maximum absolute atomic E-state index is 5.75. The molecule has 0 N–H and O–H groups in total. The topological polar surface area (TPSA) is 27.7 Å². The van der Waals surface area contributed by atoms with Crippen molar-refractivity contribution < 1.29 is 14.2 Å². The summed E-state index contributed by atoms with van der Waals surface area (Å²) in [6.07, 6.45) is 1.57. The summed E-state index contributed by atoms with van der Waals surface area (Å²) in [5.41, 5.74) is 0. The Morgan fingerprint density at radius 3 is 2.33 bits per heavy atom. The van der Waals surface area contributed by atoms with Crippen molar-refractivity contribution in [2.45, 2.75) is 19.1 Å². The van der Waals surface area contributed by atoms with E-state index in [-0.39, 0.29) is 6.29 Å². The first-order chi connectivity index (χ1) is 8.66. The zero-order valence-corrected chi connectivity index (χ0v) is 14.4. The summed E-state index contributed by atoms with van der Waals surface area (Å²) >= 11 is 10.4. The van der Waals surface area contributed by atoms with Gasteiger partial charge in [0.1, 0.15) is 5.75 Å². The van der Waals surface area contributed by atoms with Crippen LogP contribution in [0.25, 0.3) is 0 Å². The molecule has 0 saturated carbocycles. The lowest BCUT2D eigenvalue weighted by molar-refractivity contribution is -0.183. The highest BCUT2D eigenvalue weighted by Crippen LogP contribution is 2.36. The molecule has 0 spiro atoms. The van der Waals surface area contributed by atoms with Crippen LogP contribution in [0.15, 0.2) is 25.6 Å². The molecule has 1 aromatic carbocycles. The van der Waals surface area contributed by atoms with Gasteiger partial charge in [0.15, 0.2) is 6.29 Å². The van der Waals surface area contributed by atoms with Crippen LogP contribution < -0.4 is 4.74 Å². The van der Waals surface area contributed by atoms with Crippen molar-refractivity contribution >= 4 is 47.8 Å². The molecule has 1 heterocycles. The zero-order chi connectivity index (χ0) is 13.0. The number of rotatable bonds is 4. The first kappa shape index (κ1) is 14.8. The Kier molecular flexibility index (Phi) is 5.95. The van der Waals surface area contributed by atoms with E-state index in [0.717, 1.165) is 45.2 Å². The van der Waals surface area contributed by atoms with Crippen LogP contribution >= 0.6 is 47.8 Å². The van der Waals surface area contributed by atoms with Crippen molar-refractivity contribution in [3.63, 3.8) is 0 Å². The minimum atomic E-state index is -0.133. The maximum Gasteiger partial charge on any atom is 0.160 e. The van der Waals surface area contributed by atoms with Crippen molar-refractivity contribution in [2.75, 3.05) is 19.8 Å². The normalized spacial score (nSPS) is 16.8. The Balaban J connectivity index is 1.86. The van der Waals surface area contributed by atoms with Crippen molar-refractivity contribution in [2.24, 2.45) is 0 Å². The Morgan fingerprint density at radius 2 is 1.72 bits per heavy atom. The number of benzene rings is 1. The van der Waals surface area contributed by atoms with E-state index >= 15 is 0 Å². The van der Waals surface area contributed by atoms with Crippen molar-refractivity contribution in [1.29, 1.82) is 0 Å². The largest absolute Gasteiger partial charge is 0.491 e. The van der Waals surface area contributed by atoms with Gasteiger partial charge in [-0.3, -0.25) is 0 Å². The van der Waals surface area contributed by atoms with E-state index in [9.17, 15) is 0 Å². The molecule has 3 nitrogen and oxygen atoms in total. The highest BCUT2D eigenvalue weighted by atomic mass is 79.9. The van der Waals surface area contributed by atoms with Crippen LogP contribution in [0.2, 0.25) is 0 Å². The van der Waals surface area contributed by atoms with Gasteiger partial charge in [0.2, 0.25) is 0 Å². The SMILES string of the molecule is Brc1cc(Br)c(OCCC2OCCCO2)c(Br)c1. The molecule has 6 heteroatoms. The van der Waals surface area contributed by atoms with Crippen LogP contribution in [-0.2, 0) is 9.47 Å². The van der Waals surface area contributed by atoms with Gasteiger partial charge in [0, 0.05) is 10.9 Å². The molecule has 0 atom stereocenters. The molecule has 0 amide bonds. The Hall–Kier alpha value is 0.380. The molecule has 2 rings (SSSR count). The van der Waals surface area contributed by atoms with Gasteiger partial charge >= 0.3 is 0 Å². The fraction of sp³-hybridized carbons (Fsp3) is 0.500. The fourth-order valence-electron chi connectivity index (χ4n) is 1.63. The van der Waals surface area contributed by atoms with Gasteiger partial charge in [-0.05, 0) is 50.4 Å². The molecule has 1 aliphatic heterocycles. The van der Waals surface area contributed by atoms with Crippen LogP contribution in [0.4, 0.5) is 0 Å². The van der Waals surface area contributed by atoms with E-state index in [1.165, 1.54) is 0 Å². The number of halogens is 3. The standard InChI is InChI=1S/C12H13Br3O3/c13-8-6-9(14)12(10(15)7-8)18-5-2-11-16-3-1-4-17-11/h6-7,11H,1-5H2. The number of hydrogen-bond acceptors (Lipinski definition) is 3. The smallest absolute Gasteiger partial charge is 0.160 e. The molecule has 0 aliphatic carbocycles. The number of ether oxygens (including phenoxy) is 3. The predicted octanol–water partition coefficient (Wildman–Crippen LogP) is 4.51. The lowest BCUT2D eigenvalue weighted by Crippen LogP contribution is -2.26. The van der Waals surface area contributed by atoms with Gasteiger partial charge in [-0.25, -0.2) is 0 Å². The molecule has 18 heavy (non-hydrogen) atoms. The minimum Gasteiger partial charge on any atom is -0.491 e. The van der Waals surface area contributed by atoms with Crippen molar-refractivity contribution in [3.8, 4) is 5.75 Å². The first-order valence-electron chi connectivity index (χ1n) is 5.67. The summed E-state index contributed by atoms with van der Waals surface area (Å²) in [6.45, 7) is 2.11. The third-order valence-corrected chi connectivity index (χ3v) is 4.10. The molecule has 1 saturated heterocycles. The first-order valence-corrected chi connectivity index (χ1v) is 8.05. The summed E-state index contributed by atoms with van der Waals surface area (Å²) in [5, 5.41) is 0. The van der Waals surface area contributed by atoms with E-state index < -0.39 is 0 Å². The molecule has 1 aromatic rings. The lowest BCUT2D eigenvalue weighted by atomic mass is 10.3. The van der Waals surface area contributed by atoms with E-state index in [4.69, 9.17) is 14.2 Å². The second kappa shape index (κ2) is 7.24. The molecule has 0 aromatic heterocycles. The van der Waals surface area contributed by atoms with Crippen LogP contribution in [-0.4, -0.2) is 26.1 Å². The molecule has 100 valence electrons. The zero-order valence-electron chi connectivity index (χ0n) is 9.63. The molecule has 0 bridgehead atoms. The summed E-state index contributed by atoms with van der Waals surface area (Å²) < 4.78 is 19.5. The van der Waals surface area contributed by atoms with E-state index in [1.807, 2.05) is 12.1 Å². The Morgan fingerprint density at radius 1 is 1.11 bits per heavy atom. The molecular formula is C12H13Br3O3. The summed E-state index contributed by atoms with van der Waals surface area (Å²) in [5.74, 6) is 0.800. The highest BCUT2D eigenvalue weighted by Gasteiger charge is 2.15. The van der Waals surface area contributed by atoms with Gasteiger partial charge in [-0.1, -0.05) is 15.9 Å². The summed E-state index contributed by atoms with van der Waals surface area (Å²) in [7, 11) is 0. The maximum atomic E-state index is 5.75. The molecule has 0 unspecified atom stereocenters. The highest BCUT2D eigenvalue weighted by molar-refractivity contribution is 9.11. The molecule has 0 radical (unpaired) electrons. The van der Waals surface area contributed by atoms with Gasteiger partial charge in [-0.2, -0.15) is 0 Å². The van der Waals surface area contributed by atoms with Gasteiger partial charge in [0.05, 0.1) is 28.8 Å². The summed E-state index contributed by atoms with van der Waals surface area (Å²) in [6, 6.07) is 3.90. The van der Waals surface area contributed by atoms with Crippen LogP contribution in [0.1, 0.15) is 12.8 Å². The van der Waals surface area contributed by atoms with Gasteiger partial charge in [-0.15, -0.1) is 0 Å². The quantitative estimate of drug-likeness (QED) is 0.684. The predicted molar refractivity (Wildman–Crippen MR) is 80.0 cm³/mol. The second-order valence-electron chi connectivity index (χ2n) is 3.86. The monoisotopic (exact) mass is 442 g/mol. The van der Waals surface area contributed by atoms with Crippen LogP contribution in [0, 0.1) is 0 Å². The summed E-state index contributed by atoms with van der Waals surface area (Å²) in [4.78, 5) is 0. The minimum absolute atomic E-state index is 0.133. The fourth-order valence-corrected chi connectivity index (χ4v) is 4.11. The van der Waals surface area contributed by atoms with Crippen LogP contribution in [0.3, 0.4) is 0 Å². The molecule has 1 aliphatic rings. The Bertz CT molecular complexity index is 383. The Labute approximate surface area is 132 Å². The average Bonchev–Trinajstić information content (AvgIpc) is 2.34.